The van der Waals surface area contributed by atoms with Crippen LogP contribution in [0.3, 0.4) is 0 Å². The molecule has 1 fully saturated rings. The molecular formula is C17H14F6N4O5. The van der Waals surface area contributed by atoms with Crippen molar-refractivity contribution in [3.05, 3.63) is 52.1 Å². The minimum absolute atomic E-state index is 0.128. The van der Waals surface area contributed by atoms with Crippen molar-refractivity contribution < 1.29 is 46.1 Å². The number of aliphatic hydroxyl groups is 2. The highest BCUT2D eigenvalue weighted by Crippen LogP contribution is 2.38. The number of hydrogen-bond acceptors (Lipinski definition) is 7. The smallest absolute Gasteiger partial charge is 0.387 e. The number of alkyl halides is 6. The standard InChI is InChI=1S/C17H14F6N4O5/c18-16(19,20)6-3-7(17(21,22)23)5-8(4-6)25-13(30)12-10(28)11(29)14(32-12)27-2-1-9(24)26-15(27)31/h1-5,10-12,14,28-29H,(H,25,30)(H2,24,26,31)/t10-,11+,12-,14+/m0/s1. The maximum absolute atomic E-state index is 13.0. The zero-order valence-corrected chi connectivity index (χ0v) is 15.6. The number of halogens is 6. The van der Waals surface area contributed by atoms with E-state index in [1.165, 1.54) is 0 Å². The Labute approximate surface area is 174 Å². The van der Waals surface area contributed by atoms with Crippen LogP contribution in [-0.2, 0) is 21.9 Å². The van der Waals surface area contributed by atoms with E-state index in [4.69, 9.17) is 10.5 Å². The minimum atomic E-state index is -5.14. The van der Waals surface area contributed by atoms with E-state index in [9.17, 15) is 46.1 Å². The molecule has 0 radical (unpaired) electrons. The van der Waals surface area contributed by atoms with Crippen LogP contribution in [0.25, 0.3) is 0 Å². The third kappa shape index (κ3) is 4.68. The molecule has 1 aliphatic heterocycles. The number of carbonyl (C=O) groups excluding carboxylic acids is 1. The van der Waals surface area contributed by atoms with Crippen LogP contribution in [0.5, 0.6) is 0 Å². The Balaban J connectivity index is 1.88. The van der Waals surface area contributed by atoms with Crippen molar-refractivity contribution in [2.75, 3.05) is 11.1 Å². The molecule has 5 N–H and O–H groups in total. The predicted molar refractivity (Wildman–Crippen MR) is 93.9 cm³/mol. The first-order chi connectivity index (χ1) is 14.7. The van der Waals surface area contributed by atoms with Gasteiger partial charge in [-0.1, -0.05) is 0 Å². The lowest BCUT2D eigenvalue weighted by Crippen LogP contribution is -2.39. The van der Waals surface area contributed by atoms with E-state index >= 15 is 0 Å². The molecule has 32 heavy (non-hydrogen) atoms. The van der Waals surface area contributed by atoms with Gasteiger partial charge in [-0.25, -0.2) is 4.79 Å². The molecule has 9 nitrogen and oxygen atoms in total. The second-order valence-electron chi connectivity index (χ2n) is 6.75. The molecular weight excluding hydrogens is 454 g/mol. The normalized spacial score (nSPS) is 23.9. The molecule has 2 aromatic rings. The fourth-order valence-electron chi connectivity index (χ4n) is 2.97. The zero-order valence-electron chi connectivity index (χ0n) is 15.6. The summed E-state index contributed by atoms with van der Waals surface area (Å²) in [5, 5.41) is 22.0. The van der Waals surface area contributed by atoms with Gasteiger partial charge >= 0.3 is 18.0 Å². The van der Waals surface area contributed by atoms with E-state index < -0.39 is 65.3 Å². The number of rotatable bonds is 3. The highest BCUT2D eigenvalue weighted by molar-refractivity contribution is 5.95. The monoisotopic (exact) mass is 468 g/mol. The van der Waals surface area contributed by atoms with Crippen molar-refractivity contribution in [1.82, 2.24) is 9.55 Å². The summed E-state index contributed by atoms with van der Waals surface area (Å²) in [4.78, 5) is 27.7. The first-order valence-corrected chi connectivity index (χ1v) is 8.65. The van der Waals surface area contributed by atoms with Gasteiger partial charge in [0.15, 0.2) is 12.3 Å². The van der Waals surface area contributed by atoms with Crippen molar-refractivity contribution in [2.45, 2.75) is 36.9 Å². The van der Waals surface area contributed by atoms with E-state index in [1.54, 1.807) is 5.32 Å². The molecule has 1 aromatic carbocycles. The lowest BCUT2D eigenvalue weighted by atomic mass is 10.1. The van der Waals surface area contributed by atoms with Gasteiger partial charge in [0.05, 0.1) is 11.1 Å². The van der Waals surface area contributed by atoms with Crippen LogP contribution < -0.4 is 16.7 Å². The first kappa shape index (κ1) is 23.5. The van der Waals surface area contributed by atoms with Gasteiger partial charge in [0, 0.05) is 11.9 Å². The second-order valence-corrected chi connectivity index (χ2v) is 6.75. The Morgan fingerprint density at radius 3 is 2.12 bits per heavy atom. The number of anilines is 2. The number of carbonyl (C=O) groups is 1. The number of aromatic nitrogens is 2. The molecule has 1 amide bonds. The number of hydrogen-bond donors (Lipinski definition) is 4. The van der Waals surface area contributed by atoms with Gasteiger partial charge in [0.1, 0.15) is 18.0 Å². The average molecular weight is 468 g/mol. The van der Waals surface area contributed by atoms with Crippen LogP contribution >= 0.6 is 0 Å². The Morgan fingerprint density at radius 1 is 1.06 bits per heavy atom. The lowest BCUT2D eigenvalue weighted by Gasteiger charge is -2.17. The van der Waals surface area contributed by atoms with Gasteiger partial charge in [0.25, 0.3) is 5.91 Å². The fourth-order valence-corrected chi connectivity index (χ4v) is 2.97. The molecule has 174 valence electrons. The number of benzene rings is 1. The summed E-state index contributed by atoms with van der Waals surface area (Å²) in [5.74, 6) is -1.53. The second kappa shape index (κ2) is 8.07. The molecule has 2 heterocycles. The summed E-state index contributed by atoms with van der Waals surface area (Å²) in [6, 6.07) is 1.54. The van der Waals surface area contributed by atoms with Crippen LogP contribution in [0.2, 0.25) is 0 Å². The Morgan fingerprint density at radius 2 is 1.62 bits per heavy atom. The summed E-state index contributed by atoms with van der Waals surface area (Å²) in [6.45, 7) is 0. The Kier molecular flexibility index (Phi) is 5.92. The molecule has 3 rings (SSSR count). The highest BCUT2D eigenvalue weighted by Gasteiger charge is 2.48. The number of ether oxygens (including phenoxy) is 1. The van der Waals surface area contributed by atoms with Gasteiger partial charge in [0.2, 0.25) is 0 Å². The molecule has 0 aliphatic carbocycles. The number of nitrogens with zero attached hydrogens (tertiary/aromatic N) is 2. The van der Waals surface area contributed by atoms with Crippen LogP contribution in [0.4, 0.5) is 37.8 Å². The molecule has 1 aliphatic rings. The van der Waals surface area contributed by atoms with E-state index in [0.29, 0.717) is 4.57 Å². The van der Waals surface area contributed by atoms with Crippen molar-refractivity contribution in [3.63, 3.8) is 0 Å². The molecule has 15 heteroatoms. The maximum Gasteiger partial charge on any atom is 0.416 e. The summed E-state index contributed by atoms with van der Waals surface area (Å²) in [6.07, 6.45) is -16.6. The predicted octanol–water partition coefficient (Wildman–Crippen LogP) is 1.12. The zero-order chi connectivity index (χ0) is 24.0. The largest absolute Gasteiger partial charge is 0.416 e. The summed E-state index contributed by atoms with van der Waals surface area (Å²) >= 11 is 0. The van der Waals surface area contributed by atoms with Gasteiger partial charge in [-0.15, -0.1) is 0 Å². The van der Waals surface area contributed by atoms with E-state index in [-0.39, 0.29) is 24.0 Å². The van der Waals surface area contributed by atoms with Gasteiger partial charge in [-0.05, 0) is 24.3 Å². The maximum atomic E-state index is 13.0. The summed E-state index contributed by atoms with van der Waals surface area (Å²) < 4.78 is 83.7. The average Bonchev–Trinajstić information content (AvgIpc) is 2.95. The SMILES string of the molecule is Nc1ccn([C@@H]2O[C@H](C(=O)Nc3cc(C(F)(F)F)cc(C(F)(F)F)c3)[C@@H](O)[C@H]2O)c(=O)n1. The third-order valence-electron chi connectivity index (χ3n) is 4.48. The molecule has 1 aromatic heterocycles. The first-order valence-electron chi connectivity index (χ1n) is 8.65. The van der Waals surface area contributed by atoms with Crippen LogP contribution in [-0.4, -0.2) is 44.0 Å². The third-order valence-corrected chi connectivity index (χ3v) is 4.48. The Hall–Kier alpha value is -3.17. The van der Waals surface area contributed by atoms with Gasteiger partial charge in [-0.2, -0.15) is 31.3 Å². The number of nitrogens with one attached hydrogen (secondary N) is 1. The molecule has 0 unspecified atom stereocenters. The van der Waals surface area contributed by atoms with Crippen LogP contribution in [0, 0.1) is 0 Å². The van der Waals surface area contributed by atoms with Crippen molar-refractivity contribution in [2.24, 2.45) is 0 Å². The lowest BCUT2D eigenvalue weighted by molar-refractivity contribution is -0.143. The summed E-state index contributed by atoms with van der Waals surface area (Å²) in [7, 11) is 0. The van der Waals surface area contributed by atoms with Crippen molar-refractivity contribution in [1.29, 1.82) is 0 Å². The molecule has 0 spiro atoms. The number of amides is 1. The number of aliphatic hydroxyl groups excluding tert-OH is 2. The topological polar surface area (TPSA) is 140 Å². The van der Waals surface area contributed by atoms with E-state index in [0.717, 1.165) is 12.3 Å². The molecule has 4 atom stereocenters. The highest BCUT2D eigenvalue weighted by atomic mass is 19.4. The number of nitrogen functional groups attached to an aromatic ring is 1. The fraction of sp³-hybridized carbons (Fsp3) is 0.353. The van der Waals surface area contributed by atoms with Crippen molar-refractivity contribution >= 4 is 17.4 Å². The molecule has 1 saturated heterocycles. The van der Waals surface area contributed by atoms with Gasteiger partial charge < -0.3 is 26.0 Å². The molecule has 0 bridgehead atoms. The number of nitrogens with two attached hydrogens (primary N) is 1. The quantitative estimate of drug-likeness (QED) is 0.495. The minimum Gasteiger partial charge on any atom is -0.387 e. The van der Waals surface area contributed by atoms with E-state index in [2.05, 4.69) is 4.98 Å². The Bertz CT molecular complexity index is 1050. The van der Waals surface area contributed by atoms with E-state index in [1.807, 2.05) is 0 Å². The van der Waals surface area contributed by atoms with Crippen LogP contribution in [0.15, 0.2) is 35.3 Å². The van der Waals surface area contributed by atoms with Crippen molar-refractivity contribution in [3.8, 4) is 0 Å². The van der Waals surface area contributed by atoms with Crippen LogP contribution in [0.1, 0.15) is 17.4 Å². The molecule has 0 saturated carbocycles. The summed E-state index contributed by atoms with van der Waals surface area (Å²) in [5.41, 5.74) is 0.105. The van der Waals surface area contributed by atoms with Gasteiger partial charge in [-0.3, -0.25) is 9.36 Å².